The molecule has 0 aliphatic heterocycles. The van der Waals surface area contributed by atoms with Crippen LogP contribution in [0.3, 0.4) is 0 Å². The van der Waals surface area contributed by atoms with E-state index in [0.29, 0.717) is 5.95 Å². The first-order chi connectivity index (χ1) is 13.4. The molecule has 1 N–H and O–H groups in total. The molecule has 4 rings (SSSR count). The molecule has 0 atom stereocenters. The van der Waals surface area contributed by atoms with Gasteiger partial charge in [-0.25, -0.2) is 9.97 Å². The summed E-state index contributed by atoms with van der Waals surface area (Å²) < 4.78 is 47.6. The summed E-state index contributed by atoms with van der Waals surface area (Å²) in [5.41, 5.74) is 1.03. The number of hydrogen-bond donors (Lipinski definition) is 1. The van der Waals surface area contributed by atoms with E-state index in [1.807, 2.05) is 24.3 Å². The number of anilines is 1. The fourth-order valence-corrected chi connectivity index (χ4v) is 3.10. The third kappa shape index (κ3) is 3.37. The van der Waals surface area contributed by atoms with Gasteiger partial charge in [0, 0.05) is 12.4 Å². The quantitative estimate of drug-likeness (QED) is 0.702. The summed E-state index contributed by atoms with van der Waals surface area (Å²) in [5, 5.41) is 9.74. The second kappa shape index (κ2) is 6.77. The van der Waals surface area contributed by atoms with Gasteiger partial charge in [-0.15, -0.1) is 10.2 Å². The van der Waals surface area contributed by atoms with Gasteiger partial charge in [0.05, 0.1) is 18.2 Å². The van der Waals surface area contributed by atoms with Crippen LogP contribution in [0.25, 0.3) is 11.5 Å². The van der Waals surface area contributed by atoms with Crippen LogP contribution >= 0.6 is 0 Å². The molecule has 0 bridgehead atoms. The number of aromatic nitrogens is 4. The minimum Gasteiger partial charge on any atom is -0.497 e. The molecule has 10 heteroatoms. The fraction of sp³-hybridized carbons (Fsp3) is 0.333. The van der Waals surface area contributed by atoms with Crippen molar-refractivity contribution in [1.82, 2.24) is 20.2 Å². The van der Waals surface area contributed by atoms with E-state index in [1.165, 1.54) is 12.4 Å². The van der Waals surface area contributed by atoms with Gasteiger partial charge in [-0.05, 0) is 37.0 Å². The van der Waals surface area contributed by atoms with E-state index >= 15 is 0 Å². The summed E-state index contributed by atoms with van der Waals surface area (Å²) in [6.07, 6.45) is 0.917. The van der Waals surface area contributed by atoms with Crippen LogP contribution in [0.4, 0.5) is 19.1 Å². The van der Waals surface area contributed by atoms with Gasteiger partial charge in [-0.3, -0.25) is 0 Å². The zero-order valence-corrected chi connectivity index (χ0v) is 14.8. The first-order valence-electron chi connectivity index (χ1n) is 8.55. The maximum atomic E-state index is 12.6. The Labute approximate surface area is 158 Å². The van der Waals surface area contributed by atoms with E-state index < -0.39 is 12.1 Å². The molecule has 0 saturated heterocycles. The molecule has 28 heavy (non-hydrogen) atoms. The highest BCUT2D eigenvalue weighted by Gasteiger charge is 2.40. The molecule has 2 aromatic heterocycles. The van der Waals surface area contributed by atoms with Crippen molar-refractivity contribution in [3.05, 3.63) is 48.1 Å². The van der Waals surface area contributed by atoms with Crippen LogP contribution in [0.15, 0.2) is 41.1 Å². The number of benzene rings is 1. The van der Waals surface area contributed by atoms with E-state index in [9.17, 15) is 13.2 Å². The number of ether oxygens (including phenoxy) is 1. The van der Waals surface area contributed by atoms with E-state index in [0.717, 1.165) is 30.6 Å². The second-order valence-electron chi connectivity index (χ2n) is 6.49. The summed E-state index contributed by atoms with van der Waals surface area (Å²) in [6.45, 7) is 0. The van der Waals surface area contributed by atoms with Crippen molar-refractivity contribution < 1.29 is 22.3 Å². The van der Waals surface area contributed by atoms with Crippen LogP contribution in [0.1, 0.15) is 30.7 Å². The average Bonchev–Trinajstić information content (AvgIpc) is 3.16. The van der Waals surface area contributed by atoms with E-state index in [4.69, 9.17) is 4.74 Å². The van der Waals surface area contributed by atoms with Gasteiger partial charge < -0.3 is 14.5 Å². The smallest absolute Gasteiger partial charge is 0.470 e. The highest BCUT2D eigenvalue weighted by molar-refractivity contribution is 5.51. The third-order valence-corrected chi connectivity index (χ3v) is 4.77. The summed E-state index contributed by atoms with van der Waals surface area (Å²) in [5.74, 6) is -0.545. The molecule has 1 aliphatic carbocycles. The van der Waals surface area contributed by atoms with Crippen molar-refractivity contribution in [1.29, 1.82) is 0 Å². The van der Waals surface area contributed by atoms with Gasteiger partial charge in [0.25, 0.3) is 5.89 Å². The lowest BCUT2D eigenvalue weighted by Gasteiger charge is -2.43. The Morgan fingerprint density at radius 2 is 1.75 bits per heavy atom. The first-order valence-corrected chi connectivity index (χ1v) is 8.55. The monoisotopic (exact) mass is 391 g/mol. The number of nitrogens with zero attached hydrogens (tertiary/aromatic N) is 4. The Morgan fingerprint density at radius 3 is 2.25 bits per heavy atom. The molecule has 1 saturated carbocycles. The lowest BCUT2D eigenvalue weighted by atomic mass is 9.72. The number of rotatable bonds is 5. The van der Waals surface area contributed by atoms with Crippen molar-refractivity contribution in [3.63, 3.8) is 0 Å². The number of hydrogen-bond acceptors (Lipinski definition) is 7. The Hall–Kier alpha value is -3.17. The summed E-state index contributed by atoms with van der Waals surface area (Å²) >= 11 is 0. The summed E-state index contributed by atoms with van der Waals surface area (Å²) in [7, 11) is 1.61. The highest BCUT2D eigenvalue weighted by atomic mass is 19.4. The average molecular weight is 391 g/mol. The highest BCUT2D eigenvalue weighted by Crippen LogP contribution is 2.44. The lowest BCUT2D eigenvalue weighted by Crippen LogP contribution is -2.42. The maximum absolute atomic E-state index is 12.6. The van der Waals surface area contributed by atoms with Crippen molar-refractivity contribution in [2.24, 2.45) is 0 Å². The standard InChI is InChI=1S/C18H16F3N5O2/c1-27-13-5-3-12(4-6-13)17(7-2-8-17)24-16-22-9-11(10-23-16)14-25-26-15(28-14)18(19,20)21/h3-6,9-10H,2,7-8H2,1H3,(H,22,23,24). The summed E-state index contributed by atoms with van der Waals surface area (Å²) in [6, 6.07) is 7.79. The third-order valence-electron chi connectivity index (χ3n) is 4.77. The van der Waals surface area contributed by atoms with Gasteiger partial charge in [0.1, 0.15) is 5.75 Å². The molecule has 0 unspecified atom stereocenters. The van der Waals surface area contributed by atoms with Crippen LogP contribution in [0.5, 0.6) is 5.75 Å². The normalized spacial score (nSPS) is 15.7. The zero-order valence-electron chi connectivity index (χ0n) is 14.8. The molecule has 146 valence electrons. The van der Waals surface area contributed by atoms with Crippen LogP contribution in [-0.4, -0.2) is 27.3 Å². The molecule has 1 fully saturated rings. The van der Waals surface area contributed by atoms with Gasteiger partial charge >= 0.3 is 12.1 Å². The lowest BCUT2D eigenvalue weighted by molar-refractivity contribution is -0.156. The Kier molecular flexibility index (Phi) is 4.40. The molecule has 0 radical (unpaired) electrons. The molecule has 3 aromatic rings. The first kappa shape index (κ1) is 18.2. The van der Waals surface area contributed by atoms with Crippen LogP contribution in [-0.2, 0) is 11.7 Å². The Bertz CT molecular complexity index is 951. The molecular weight excluding hydrogens is 375 g/mol. The van der Waals surface area contributed by atoms with Crippen molar-refractivity contribution in [2.75, 3.05) is 12.4 Å². The number of halogens is 3. The number of nitrogens with one attached hydrogen (secondary N) is 1. The topological polar surface area (TPSA) is 86.0 Å². The molecule has 7 nitrogen and oxygen atoms in total. The maximum Gasteiger partial charge on any atom is 0.470 e. The van der Waals surface area contributed by atoms with Gasteiger partial charge in [0.2, 0.25) is 5.95 Å². The van der Waals surface area contributed by atoms with Crippen molar-refractivity contribution in [2.45, 2.75) is 31.0 Å². The molecule has 0 spiro atoms. The van der Waals surface area contributed by atoms with E-state index in [2.05, 4.69) is 29.9 Å². The van der Waals surface area contributed by atoms with E-state index in [-0.39, 0.29) is 17.0 Å². The van der Waals surface area contributed by atoms with Gasteiger partial charge in [-0.2, -0.15) is 13.2 Å². The van der Waals surface area contributed by atoms with E-state index in [1.54, 1.807) is 7.11 Å². The largest absolute Gasteiger partial charge is 0.497 e. The minimum absolute atomic E-state index is 0.209. The predicted molar refractivity (Wildman–Crippen MR) is 92.5 cm³/mol. The molecule has 1 aliphatic rings. The number of alkyl halides is 3. The summed E-state index contributed by atoms with van der Waals surface area (Å²) in [4.78, 5) is 8.39. The Balaban J connectivity index is 1.52. The SMILES string of the molecule is COc1ccc(C2(Nc3ncc(-c4nnc(C(F)(F)F)o4)cn3)CCC2)cc1. The molecular formula is C18H16F3N5O2. The second-order valence-corrected chi connectivity index (χ2v) is 6.49. The predicted octanol–water partition coefficient (Wildman–Crippen LogP) is 4.05. The Morgan fingerprint density at radius 1 is 1.07 bits per heavy atom. The van der Waals surface area contributed by atoms with Crippen LogP contribution < -0.4 is 10.1 Å². The zero-order chi connectivity index (χ0) is 19.8. The molecule has 0 amide bonds. The fourth-order valence-electron chi connectivity index (χ4n) is 3.10. The molecule has 2 heterocycles. The molecule has 1 aromatic carbocycles. The minimum atomic E-state index is -4.69. The van der Waals surface area contributed by atoms with Crippen molar-refractivity contribution >= 4 is 5.95 Å². The van der Waals surface area contributed by atoms with Crippen LogP contribution in [0, 0.1) is 0 Å². The van der Waals surface area contributed by atoms with Gasteiger partial charge in [-0.1, -0.05) is 12.1 Å². The van der Waals surface area contributed by atoms with Gasteiger partial charge in [0.15, 0.2) is 0 Å². The van der Waals surface area contributed by atoms with Crippen molar-refractivity contribution in [3.8, 4) is 17.2 Å². The number of methoxy groups -OCH3 is 1. The van der Waals surface area contributed by atoms with Crippen LogP contribution in [0.2, 0.25) is 0 Å².